The molecule has 0 amide bonds. The molecule has 0 atom stereocenters. The number of hydrogen-bond acceptors (Lipinski definition) is 5. The molecule has 3 aromatic heterocycles. The van der Waals surface area contributed by atoms with Gasteiger partial charge < -0.3 is 5.11 Å². The van der Waals surface area contributed by atoms with Gasteiger partial charge in [-0.25, -0.2) is 4.68 Å². The number of nitrogens with one attached hydrogen (secondary N) is 1. The van der Waals surface area contributed by atoms with Crippen LogP contribution in [0, 0.1) is 0 Å². The van der Waals surface area contributed by atoms with E-state index in [1.807, 2.05) is 24.4 Å². The Balaban J connectivity index is 1.59. The van der Waals surface area contributed by atoms with E-state index >= 15 is 0 Å². The minimum atomic E-state index is -0.995. The van der Waals surface area contributed by atoms with Gasteiger partial charge in [0.25, 0.3) is 0 Å². The lowest BCUT2D eigenvalue weighted by atomic mass is 10.0. The summed E-state index contributed by atoms with van der Waals surface area (Å²) < 4.78 is 1.79. The first-order valence-electron chi connectivity index (χ1n) is 8.00. The molecule has 0 bridgehead atoms. The molecule has 7 nitrogen and oxygen atoms in total. The third-order valence-corrected chi connectivity index (χ3v) is 4.07. The van der Waals surface area contributed by atoms with Crippen LogP contribution in [0.4, 0.5) is 0 Å². The second-order valence-electron chi connectivity index (χ2n) is 6.58. The maximum Gasteiger partial charge on any atom is 0.113 e. The van der Waals surface area contributed by atoms with Gasteiger partial charge in [0.1, 0.15) is 11.3 Å². The summed E-state index contributed by atoms with van der Waals surface area (Å²) in [6, 6.07) is 9.84. The Morgan fingerprint density at radius 3 is 2.92 bits per heavy atom. The van der Waals surface area contributed by atoms with E-state index in [0.717, 1.165) is 27.7 Å². The molecule has 0 saturated heterocycles. The number of benzene rings is 1. The van der Waals surface area contributed by atoms with Gasteiger partial charge in [0, 0.05) is 17.1 Å². The molecular formula is C18H18N6O. The number of aromatic amines is 1. The minimum Gasteiger partial charge on any atom is -0.384 e. The third-order valence-electron chi connectivity index (χ3n) is 4.07. The molecule has 1 aromatic carbocycles. The zero-order valence-corrected chi connectivity index (χ0v) is 14.0. The molecule has 4 aromatic rings. The fourth-order valence-corrected chi connectivity index (χ4v) is 2.70. The maximum atomic E-state index is 10.1. The Morgan fingerprint density at radius 1 is 1.20 bits per heavy atom. The van der Waals surface area contributed by atoms with Crippen LogP contribution in [-0.4, -0.2) is 35.3 Å². The predicted molar refractivity (Wildman–Crippen MR) is 93.7 cm³/mol. The number of hydrogen-bond donors (Lipinski definition) is 2. The molecule has 0 aliphatic rings. The number of aliphatic hydroxyl groups is 1. The van der Waals surface area contributed by atoms with Crippen molar-refractivity contribution in [2.45, 2.75) is 26.0 Å². The van der Waals surface area contributed by atoms with Crippen molar-refractivity contribution in [1.29, 1.82) is 0 Å². The van der Waals surface area contributed by atoms with Gasteiger partial charge in [-0.1, -0.05) is 17.3 Å². The monoisotopic (exact) mass is 334 g/mol. The summed E-state index contributed by atoms with van der Waals surface area (Å²) in [6.45, 7) is 4.04. The fourth-order valence-electron chi connectivity index (χ4n) is 2.70. The summed E-state index contributed by atoms with van der Waals surface area (Å²) >= 11 is 0. The van der Waals surface area contributed by atoms with E-state index in [9.17, 15) is 5.11 Å². The van der Waals surface area contributed by atoms with Crippen LogP contribution in [0.3, 0.4) is 0 Å². The van der Waals surface area contributed by atoms with Crippen molar-refractivity contribution >= 4 is 10.9 Å². The summed E-state index contributed by atoms with van der Waals surface area (Å²) in [6.07, 6.45) is 5.37. The van der Waals surface area contributed by atoms with Crippen molar-refractivity contribution < 1.29 is 5.11 Å². The molecule has 3 heterocycles. The van der Waals surface area contributed by atoms with E-state index in [1.165, 1.54) is 0 Å². The Hall–Kier alpha value is -3.06. The van der Waals surface area contributed by atoms with Crippen LogP contribution in [0.15, 0.2) is 48.9 Å². The van der Waals surface area contributed by atoms with E-state index < -0.39 is 5.60 Å². The van der Waals surface area contributed by atoms with E-state index in [4.69, 9.17) is 0 Å². The first-order valence-corrected chi connectivity index (χ1v) is 8.00. The van der Waals surface area contributed by atoms with Crippen molar-refractivity contribution in [3.05, 3.63) is 60.2 Å². The van der Waals surface area contributed by atoms with Gasteiger partial charge in [-0.3, -0.25) is 10.1 Å². The lowest BCUT2D eigenvalue weighted by Crippen LogP contribution is -2.17. The lowest BCUT2D eigenvalue weighted by Gasteiger charge is -2.16. The van der Waals surface area contributed by atoms with Crippen molar-refractivity contribution in [2.24, 2.45) is 0 Å². The highest BCUT2D eigenvalue weighted by molar-refractivity contribution is 5.78. The summed E-state index contributed by atoms with van der Waals surface area (Å²) in [7, 11) is 0. The Labute approximate surface area is 144 Å². The molecule has 0 radical (unpaired) electrons. The Bertz CT molecular complexity index is 1030. The molecule has 0 aliphatic carbocycles. The highest BCUT2D eigenvalue weighted by Gasteiger charge is 2.18. The summed E-state index contributed by atoms with van der Waals surface area (Å²) in [4.78, 5) is 4.22. The van der Waals surface area contributed by atoms with E-state index in [2.05, 4.69) is 37.6 Å². The van der Waals surface area contributed by atoms with Gasteiger partial charge in [0.2, 0.25) is 0 Å². The Morgan fingerprint density at radius 2 is 2.08 bits per heavy atom. The zero-order valence-electron chi connectivity index (χ0n) is 14.0. The van der Waals surface area contributed by atoms with Gasteiger partial charge in [0.15, 0.2) is 0 Å². The third kappa shape index (κ3) is 3.14. The molecule has 0 unspecified atom stereocenters. The number of nitrogens with zero attached hydrogens (tertiary/aromatic N) is 5. The van der Waals surface area contributed by atoms with Crippen LogP contribution < -0.4 is 0 Å². The van der Waals surface area contributed by atoms with E-state index in [-0.39, 0.29) is 0 Å². The predicted octanol–water partition coefficient (Wildman–Crippen LogP) is 2.49. The molecule has 4 rings (SSSR count). The van der Waals surface area contributed by atoms with Crippen LogP contribution in [0.2, 0.25) is 0 Å². The molecule has 2 N–H and O–H groups in total. The van der Waals surface area contributed by atoms with Crippen molar-refractivity contribution in [1.82, 2.24) is 30.2 Å². The second-order valence-corrected chi connectivity index (χ2v) is 6.58. The first kappa shape index (κ1) is 15.5. The van der Waals surface area contributed by atoms with Crippen LogP contribution in [0.25, 0.3) is 22.2 Å². The van der Waals surface area contributed by atoms with Gasteiger partial charge >= 0.3 is 0 Å². The molecule has 0 saturated carbocycles. The fraction of sp³-hybridized carbons (Fsp3) is 0.222. The van der Waals surface area contributed by atoms with Crippen LogP contribution >= 0.6 is 0 Å². The molecule has 0 aliphatic heterocycles. The quantitative estimate of drug-likeness (QED) is 0.598. The molecule has 25 heavy (non-hydrogen) atoms. The normalized spacial score (nSPS) is 12.0. The molecule has 0 spiro atoms. The highest BCUT2D eigenvalue weighted by atomic mass is 16.3. The van der Waals surface area contributed by atoms with Crippen LogP contribution in [0.5, 0.6) is 0 Å². The molecular weight excluding hydrogens is 316 g/mol. The first-order chi connectivity index (χ1) is 12.0. The van der Waals surface area contributed by atoms with Crippen molar-refractivity contribution in [3.63, 3.8) is 0 Å². The average molecular weight is 334 g/mol. The number of rotatable bonds is 4. The van der Waals surface area contributed by atoms with E-state index in [0.29, 0.717) is 12.2 Å². The van der Waals surface area contributed by atoms with E-state index in [1.54, 1.807) is 30.9 Å². The lowest BCUT2D eigenvalue weighted by molar-refractivity contribution is 0.0739. The summed E-state index contributed by atoms with van der Waals surface area (Å²) in [5.74, 6) is 0. The standard InChI is InChI=1S/C18H18N6O/c1-18(2,25)17-8-13(5-6-19-17)16-11-24(23-22-16)10-12-3-4-14-9-20-21-15(14)7-12/h3-9,11,25H,10H2,1-2H3,(H,20,21). The molecule has 0 fully saturated rings. The van der Waals surface area contributed by atoms with Gasteiger partial charge in [-0.15, -0.1) is 5.10 Å². The maximum absolute atomic E-state index is 10.1. The number of aromatic nitrogens is 6. The van der Waals surface area contributed by atoms with Gasteiger partial charge in [0.05, 0.1) is 30.1 Å². The molecule has 126 valence electrons. The summed E-state index contributed by atoms with van der Waals surface area (Å²) in [5.41, 5.74) is 3.34. The van der Waals surface area contributed by atoms with Gasteiger partial charge in [-0.2, -0.15) is 5.10 Å². The number of fused-ring (bicyclic) bond motifs is 1. The zero-order chi connectivity index (χ0) is 17.4. The SMILES string of the molecule is CC(C)(O)c1cc(-c2cn(Cc3ccc4cn[nH]c4c3)nn2)ccn1. The largest absolute Gasteiger partial charge is 0.384 e. The number of pyridine rings is 1. The van der Waals surface area contributed by atoms with Crippen LogP contribution in [-0.2, 0) is 12.1 Å². The number of H-pyrrole nitrogens is 1. The smallest absolute Gasteiger partial charge is 0.113 e. The van der Waals surface area contributed by atoms with Crippen molar-refractivity contribution in [3.8, 4) is 11.3 Å². The topological polar surface area (TPSA) is 92.5 Å². The second kappa shape index (κ2) is 5.78. The highest BCUT2D eigenvalue weighted by Crippen LogP contribution is 2.23. The average Bonchev–Trinajstić information content (AvgIpc) is 3.23. The Kier molecular flexibility index (Phi) is 3.58. The van der Waals surface area contributed by atoms with Crippen molar-refractivity contribution in [2.75, 3.05) is 0 Å². The van der Waals surface area contributed by atoms with Gasteiger partial charge in [-0.05, 0) is 37.6 Å². The molecule has 7 heteroatoms. The minimum absolute atomic E-state index is 0.601. The van der Waals surface area contributed by atoms with Crippen LogP contribution in [0.1, 0.15) is 25.1 Å². The summed E-state index contributed by atoms with van der Waals surface area (Å²) in [5, 5.41) is 26.7.